The molecule has 2 heterocycles. The number of hydrogen-bond acceptors (Lipinski definition) is 3. The zero-order chi connectivity index (χ0) is 22.4. The molecule has 0 radical (unpaired) electrons. The van der Waals surface area contributed by atoms with Gasteiger partial charge in [0, 0.05) is 17.7 Å². The van der Waals surface area contributed by atoms with Crippen molar-refractivity contribution in [1.29, 1.82) is 5.41 Å². The number of nitrogen functional groups attached to an aromatic ring is 1. The second kappa shape index (κ2) is 7.92. The maximum absolute atomic E-state index is 12.8. The van der Waals surface area contributed by atoms with Crippen LogP contribution < -0.4 is 11.1 Å². The van der Waals surface area contributed by atoms with Gasteiger partial charge in [-0.15, -0.1) is 0 Å². The molecule has 4 N–H and O–H groups in total. The minimum Gasteiger partial charge on any atom is -0.384 e. The molecule has 32 heavy (non-hydrogen) atoms. The Morgan fingerprint density at radius 2 is 1.44 bits per heavy atom. The SMILES string of the molecule is CCc1cc2c(cc1CC)[C@H]1O[C@@H]2c2cc(C(=O)NCc3ccc(C(=N)N)cc3)ccc21. The first kappa shape index (κ1) is 20.5. The van der Waals surface area contributed by atoms with Crippen molar-refractivity contribution < 1.29 is 9.53 Å². The van der Waals surface area contributed by atoms with E-state index in [1.54, 1.807) is 12.1 Å². The monoisotopic (exact) mass is 425 g/mol. The van der Waals surface area contributed by atoms with Gasteiger partial charge in [0.2, 0.25) is 0 Å². The van der Waals surface area contributed by atoms with Crippen molar-refractivity contribution in [3.05, 3.63) is 105 Å². The number of amidine groups is 1. The molecule has 2 atom stereocenters. The van der Waals surface area contributed by atoms with E-state index < -0.39 is 0 Å². The molecule has 3 aromatic carbocycles. The lowest BCUT2D eigenvalue weighted by Gasteiger charge is -2.19. The van der Waals surface area contributed by atoms with Gasteiger partial charge in [0.1, 0.15) is 18.0 Å². The van der Waals surface area contributed by atoms with Crippen LogP contribution in [0.1, 0.15) is 80.9 Å². The van der Waals surface area contributed by atoms with Crippen molar-refractivity contribution >= 4 is 11.7 Å². The Balaban J connectivity index is 1.35. The average molecular weight is 426 g/mol. The number of carbonyl (C=O) groups is 1. The lowest BCUT2D eigenvalue weighted by Crippen LogP contribution is -2.23. The van der Waals surface area contributed by atoms with Crippen molar-refractivity contribution in [2.75, 3.05) is 0 Å². The fourth-order valence-corrected chi connectivity index (χ4v) is 4.87. The van der Waals surface area contributed by atoms with E-state index in [-0.39, 0.29) is 24.0 Å². The minimum atomic E-state index is -0.109. The number of benzene rings is 3. The van der Waals surface area contributed by atoms with Crippen LogP contribution in [0.5, 0.6) is 0 Å². The second-order valence-electron chi connectivity index (χ2n) is 8.49. The van der Waals surface area contributed by atoms with E-state index in [1.165, 1.54) is 27.8 Å². The standard InChI is InChI=1S/C27H27N3O2/c1-3-16-11-22-23(12-17(16)4-2)25-21-13-19(9-10-20(21)24(22)32-25)27(31)30-14-15-5-7-18(8-6-15)26(28)29/h5-13,24-25H,3-4,14H2,1-2H3,(H3,28,29)(H,30,31)/t24-,25+/m0/s1. The molecule has 2 bridgehead atoms. The van der Waals surface area contributed by atoms with E-state index in [4.69, 9.17) is 15.9 Å². The van der Waals surface area contributed by atoms with E-state index in [2.05, 4.69) is 31.3 Å². The van der Waals surface area contributed by atoms with Gasteiger partial charge in [0.05, 0.1) is 0 Å². The predicted molar refractivity (Wildman–Crippen MR) is 125 cm³/mol. The number of ether oxygens (including phenoxy) is 1. The van der Waals surface area contributed by atoms with E-state index >= 15 is 0 Å². The highest BCUT2D eigenvalue weighted by Crippen LogP contribution is 2.54. The Hall–Kier alpha value is -3.44. The molecule has 0 saturated heterocycles. The zero-order valence-electron chi connectivity index (χ0n) is 18.4. The van der Waals surface area contributed by atoms with Crippen LogP contribution in [-0.2, 0) is 24.1 Å². The second-order valence-corrected chi connectivity index (χ2v) is 8.49. The summed E-state index contributed by atoms with van der Waals surface area (Å²) in [7, 11) is 0. The lowest BCUT2D eigenvalue weighted by molar-refractivity contribution is 0.0857. The van der Waals surface area contributed by atoms with Gasteiger partial charge >= 0.3 is 0 Å². The molecule has 1 amide bonds. The normalized spacial score (nSPS) is 17.7. The Labute approximate surface area is 188 Å². The molecule has 0 saturated carbocycles. The van der Waals surface area contributed by atoms with Crippen molar-refractivity contribution in [3.8, 4) is 0 Å². The summed E-state index contributed by atoms with van der Waals surface area (Å²) in [5, 5.41) is 10.5. The molecule has 3 aromatic rings. The van der Waals surface area contributed by atoms with Gasteiger partial charge in [-0.05, 0) is 63.9 Å². The maximum atomic E-state index is 12.8. The van der Waals surface area contributed by atoms with E-state index in [9.17, 15) is 4.79 Å². The highest BCUT2D eigenvalue weighted by molar-refractivity contribution is 5.95. The summed E-state index contributed by atoms with van der Waals surface area (Å²) in [6, 6.07) is 17.9. The molecule has 0 unspecified atom stereocenters. The van der Waals surface area contributed by atoms with Crippen molar-refractivity contribution in [2.45, 2.75) is 45.4 Å². The Morgan fingerprint density at radius 3 is 2.03 bits per heavy atom. The van der Waals surface area contributed by atoms with Crippen molar-refractivity contribution in [2.24, 2.45) is 5.73 Å². The zero-order valence-corrected chi connectivity index (χ0v) is 18.4. The molecular weight excluding hydrogens is 398 g/mol. The molecule has 5 nitrogen and oxygen atoms in total. The molecule has 2 aliphatic rings. The Bertz CT molecular complexity index is 1230. The number of carbonyl (C=O) groups excluding carboxylic acids is 1. The van der Waals surface area contributed by atoms with E-state index in [1.807, 2.05) is 30.3 Å². The topological polar surface area (TPSA) is 88.2 Å². The summed E-state index contributed by atoms with van der Waals surface area (Å²) >= 11 is 0. The van der Waals surface area contributed by atoms with Crippen LogP contribution in [0.15, 0.2) is 54.6 Å². The third-order valence-electron chi connectivity index (χ3n) is 6.64. The number of hydrogen-bond donors (Lipinski definition) is 3. The number of aryl methyl sites for hydroxylation is 2. The highest BCUT2D eigenvalue weighted by Gasteiger charge is 2.43. The molecule has 0 aromatic heterocycles. The summed E-state index contributed by atoms with van der Waals surface area (Å²) < 4.78 is 6.35. The molecule has 162 valence electrons. The van der Waals surface area contributed by atoms with Gasteiger partial charge in [-0.1, -0.05) is 56.3 Å². The van der Waals surface area contributed by atoms with Gasteiger partial charge in [-0.25, -0.2) is 0 Å². The Kier molecular flexibility index (Phi) is 5.06. The van der Waals surface area contributed by atoms with E-state index in [0.29, 0.717) is 17.7 Å². The number of nitrogens with one attached hydrogen (secondary N) is 2. The molecule has 2 aliphatic heterocycles. The largest absolute Gasteiger partial charge is 0.384 e. The first-order valence-electron chi connectivity index (χ1n) is 11.2. The number of nitrogens with two attached hydrogens (primary N) is 1. The molecule has 0 spiro atoms. The first-order chi connectivity index (χ1) is 15.5. The maximum Gasteiger partial charge on any atom is 0.251 e. The molecule has 5 rings (SSSR count). The van der Waals surface area contributed by atoms with Crippen LogP contribution >= 0.6 is 0 Å². The minimum absolute atomic E-state index is 0.0295. The van der Waals surface area contributed by atoms with Gasteiger partial charge in [-0.3, -0.25) is 10.2 Å². The van der Waals surface area contributed by atoms with Crippen molar-refractivity contribution in [3.63, 3.8) is 0 Å². The third-order valence-corrected chi connectivity index (χ3v) is 6.64. The summed E-state index contributed by atoms with van der Waals surface area (Å²) in [6.07, 6.45) is 1.92. The molecule has 0 fully saturated rings. The first-order valence-corrected chi connectivity index (χ1v) is 11.2. The van der Waals surface area contributed by atoms with Crippen LogP contribution in [0.3, 0.4) is 0 Å². The van der Waals surface area contributed by atoms with Crippen LogP contribution in [0.2, 0.25) is 0 Å². The average Bonchev–Trinajstić information content (AvgIpc) is 3.38. The smallest absolute Gasteiger partial charge is 0.251 e. The highest BCUT2D eigenvalue weighted by atomic mass is 16.5. The third kappa shape index (κ3) is 3.30. The summed E-state index contributed by atoms with van der Waals surface area (Å²) in [6.45, 7) is 4.81. The van der Waals surface area contributed by atoms with Gasteiger partial charge in [0.25, 0.3) is 5.91 Å². The molecular formula is C27H27N3O2. The van der Waals surface area contributed by atoms with Crippen LogP contribution in [0.25, 0.3) is 0 Å². The van der Waals surface area contributed by atoms with E-state index in [0.717, 1.165) is 24.0 Å². The fourth-order valence-electron chi connectivity index (χ4n) is 4.87. The Morgan fingerprint density at radius 1 is 0.875 bits per heavy atom. The predicted octanol–water partition coefficient (Wildman–Crippen LogP) is 4.55. The van der Waals surface area contributed by atoms with Crippen molar-refractivity contribution in [1.82, 2.24) is 5.32 Å². The quantitative estimate of drug-likeness (QED) is 0.400. The summed E-state index contributed by atoms with van der Waals surface area (Å²) in [4.78, 5) is 12.8. The fraction of sp³-hybridized carbons (Fsp3) is 0.259. The van der Waals surface area contributed by atoms with Crippen LogP contribution in [-0.4, -0.2) is 11.7 Å². The summed E-state index contributed by atoms with van der Waals surface area (Å²) in [5.41, 5.74) is 15.4. The number of fused-ring (bicyclic) bond motifs is 8. The van der Waals surface area contributed by atoms with Gasteiger partial charge in [-0.2, -0.15) is 0 Å². The van der Waals surface area contributed by atoms with Crippen LogP contribution in [0, 0.1) is 5.41 Å². The summed E-state index contributed by atoms with van der Waals surface area (Å²) in [5.74, 6) is -0.0733. The molecule has 0 aliphatic carbocycles. The van der Waals surface area contributed by atoms with Crippen LogP contribution in [0.4, 0.5) is 0 Å². The number of rotatable bonds is 6. The number of amides is 1. The molecule has 5 heteroatoms. The van der Waals surface area contributed by atoms with Gasteiger partial charge < -0.3 is 15.8 Å². The lowest BCUT2D eigenvalue weighted by atomic mass is 9.82. The van der Waals surface area contributed by atoms with Gasteiger partial charge in [0.15, 0.2) is 0 Å².